The summed E-state index contributed by atoms with van der Waals surface area (Å²) in [5, 5.41) is 70.8. The quantitative estimate of drug-likeness (QED) is 0.0423. The van der Waals surface area contributed by atoms with Crippen LogP contribution < -0.4 is 15.4 Å². The summed E-state index contributed by atoms with van der Waals surface area (Å²) < 4.78 is 5.71. The van der Waals surface area contributed by atoms with Crippen molar-refractivity contribution in [3.05, 3.63) is 259 Å². The molecule has 0 heterocycles. The minimum atomic E-state index is -0.525. The van der Waals surface area contributed by atoms with Crippen LogP contribution in [0.5, 0.6) is 17.2 Å². The van der Waals surface area contributed by atoms with E-state index < -0.39 is 5.97 Å². The van der Waals surface area contributed by atoms with E-state index in [4.69, 9.17) is 25.2 Å². The van der Waals surface area contributed by atoms with Crippen molar-refractivity contribution in [1.29, 1.82) is 0 Å². The number of fused-ring (bicyclic) bond motifs is 4. The molecular formula is C67H48N10O4. The fourth-order valence-corrected chi connectivity index (χ4v) is 9.40. The van der Waals surface area contributed by atoms with Gasteiger partial charge in [-0.15, -0.1) is 30.7 Å². The number of carbonyl (C=O) groups is 1. The van der Waals surface area contributed by atoms with Crippen LogP contribution in [0.2, 0.25) is 0 Å². The molecule has 0 bridgehead atoms. The van der Waals surface area contributed by atoms with E-state index >= 15 is 0 Å². The van der Waals surface area contributed by atoms with Crippen molar-refractivity contribution in [2.24, 2.45) is 40.9 Å². The average molecular weight is 1060 g/mol. The van der Waals surface area contributed by atoms with Crippen LogP contribution in [0.15, 0.2) is 284 Å². The minimum absolute atomic E-state index is 0.237. The van der Waals surface area contributed by atoms with Crippen LogP contribution in [0.3, 0.4) is 0 Å². The van der Waals surface area contributed by atoms with Gasteiger partial charge >= 0.3 is 5.97 Å². The summed E-state index contributed by atoms with van der Waals surface area (Å²) in [6, 6.07) is 75.2. The Labute approximate surface area is 464 Å². The van der Waals surface area contributed by atoms with Crippen molar-refractivity contribution >= 4 is 106 Å². The molecule has 14 heteroatoms. The highest BCUT2D eigenvalue weighted by Gasteiger charge is 2.13. The number of anilines is 2. The molecule has 0 saturated heterocycles. The second-order valence-electron chi connectivity index (χ2n) is 18.9. The molecule has 12 rings (SSSR count). The number of nitrogens with zero attached hydrogens (tertiary/aromatic N) is 8. The molecule has 12 aromatic carbocycles. The predicted molar refractivity (Wildman–Crippen MR) is 321 cm³/mol. The zero-order chi connectivity index (χ0) is 54.9. The van der Waals surface area contributed by atoms with E-state index in [9.17, 15) is 15.0 Å². The van der Waals surface area contributed by atoms with Crippen molar-refractivity contribution in [2.45, 2.75) is 13.1 Å². The number of esters is 1. The molecule has 0 fully saturated rings. The van der Waals surface area contributed by atoms with Gasteiger partial charge in [-0.2, -0.15) is 10.2 Å². The number of carbonyl (C=O) groups excluding carboxylic acids is 1. The smallest absolute Gasteiger partial charge is 0.343 e. The number of rotatable bonds is 16. The molecule has 0 saturated carbocycles. The van der Waals surface area contributed by atoms with Gasteiger partial charge in [-0.3, -0.25) is 0 Å². The molecule has 12 aromatic rings. The van der Waals surface area contributed by atoms with Crippen LogP contribution in [0.4, 0.5) is 56.9 Å². The normalized spacial score (nSPS) is 11.8. The van der Waals surface area contributed by atoms with Crippen molar-refractivity contribution in [3.8, 4) is 17.2 Å². The van der Waals surface area contributed by atoms with Gasteiger partial charge in [0.15, 0.2) is 0 Å². The highest BCUT2D eigenvalue weighted by molar-refractivity contribution is 6.03. The van der Waals surface area contributed by atoms with Crippen LogP contribution in [0, 0.1) is 0 Å². The van der Waals surface area contributed by atoms with Crippen LogP contribution in [0.1, 0.15) is 21.5 Å². The number of phenols is 2. The number of hydrogen-bond acceptors (Lipinski definition) is 14. The van der Waals surface area contributed by atoms with Gasteiger partial charge in [-0.25, -0.2) is 4.79 Å². The van der Waals surface area contributed by atoms with Gasteiger partial charge in [0.05, 0.1) is 51.1 Å². The SMILES string of the molecule is O=C(Oc1ccc(/N=N/c2ccc(/N=N/c3ccc(NCc4ccc(O)cc4)c4ccccc34)c3ccccc23)cc1)c1ccc(/N=N/c2ccc(/N=N/c3ccc(NCc4ccc(O)cc4)c4ccccc34)c3ccccc23)cc1. The Morgan fingerprint density at radius 3 is 0.975 bits per heavy atom. The van der Waals surface area contributed by atoms with E-state index in [0.717, 1.165) is 77.0 Å². The Hall–Kier alpha value is -11.3. The van der Waals surface area contributed by atoms with E-state index in [1.54, 1.807) is 72.8 Å². The summed E-state index contributed by atoms with van der Waals surface area (Å²) in [6.07, 6.45) is 0. The van der Waals surface area contributed by atoms with Crippen molar-refractivity contribution < 1.29 is 19.7 Å². The molecule has 0 aliphatic heterocycles. The molecule has 0 amide bonds. The molecule has 0 unspecified atom stereocenters. The van der Waals surface area contributed by atoms with E-state index in [1.165, 1.54) is 0 Å². The molecule has 14 nitrogen and oxygen atoms in total. The summed E-state index contributed by atoms with van der Waals surface area (Å²) in [7, 11) is 0. The maximum Gasteiger partial charge on any atom is 0.343 e. The predicted octanol–water partition coefficient (Wildman–Crippen LogP) is 19.8. The molecule has 81 heavy (non-hydrogen) atoms. The lowest BCUT2D eigenvalue weighted by Gasteiger charge is -2.11. The van der Waals surface area contributed by atoms with E-state index in [2.05, 4.69) is 43.2 Å². The van der Waals surface area contributed by atoms with Gasteiger partial charge in [0.2, 0.25) is 0 Å². The topological polar surface area (TPSA) is 190 Å². The zero-order valence-corrected chi connectivity index (χ0v) is 43.3. The van der Waals surface area contributed by atoms with E-state index in [1.807, 2.05) is 158 Å². The average Bonchev–Trinajstić information content (AvgIpc) is 3.52. The molecule has 0 atom stereocenters. The number of nitrogens with one attached hydrogen (secondary N) is 2. The molecule has 390 valence electrons. The number of phenolic OH excluding ortho intramolecular Hbond substituents is 2. The second kappa shape index (κ2) is 23.2. The lowest BCUT2D eigenvalue weighted by atomic mass is 10.1. The third-order valence-electron chi connectivity index (χ3n) is 13.6. The van der Waals surface area contributed by atoms with Crippen molar-refractivity contribution in [1.82, 2.24) is 0 Å². The van der Waals surface area contributed by atoms with Gasteiger partial charge in [-0.1, -0.05) is 121 Å². The molecule has 0 aromatic heterocycles. The van der Waals surface area contributed by atoms with Gasteiger partial charge in [0.1, 0.15) is 17.2 Å². The van der Waals surface area contributed by atoms with Crippen LogP contribution >= 0.6 is 0 Å². The summed E-state index contributed by atoms with van der Waals surface area (Å²) >= 11 is 0. The second-order valence-corrected chi connectivity index (χ2v) is 18.9. The first-order valence-corrected chi connectivity index (χ1v) is 26.1. The van der Waals surface area contributed by atoms with Crippen LogP contribution in [0.25, 0.3) is 43.1 Å². The van der Waals surface area contributed by atoms with Crippen molar-refractivity contribution in [3.63, 3.8) is 0 Å². The van der Waals surface area contributed by atoms with E-state index in [0.29, 0.717) is 58.5 Å². The Kier molecular flexibility index (Phi) is 14.5. The Balaban J connectivity index is 0.674. The zero-order valence-electron chi connectivity index (χ0n) is 43.3. The molecule has 0 aliphatic carbocycles. The first-order chi connectivity index (χ1) is 39.8. The van der Waals surface area contributed by atoms with Crippen LogP contribution in [-0.2, 0) is 13.1 Å². The Morgan fingerprint density at radius 2 is 0.617 bits per heavy atom. The number of benzene rings is 12. The fourth-order valence-electron chi connectivity index (χ4n) is 9.40. The largest absolute Gasteiger partial charge is 0.508 e. The van der Waals surface area contributed by atoms with Crippen molar-refractivity contribution in [2.75, 3.05) is 10.6 Å². The summed E-state index contributed by atoms with van der Waals surface area (Å²) in [5.41, 5.74) is 9.69. The maximum absolute atomic E-state index is 13.2. The number of azo groups is 4. The first-order valence-electron chi connectivity index (χ1n) is 26.1. The third-order valence-corrected chi connectivity index (χ3v) is 13.6. The standard InChI is InChI=1S/C67H48N10O4/c78-48-27-17-43(18-28-48)41-68-59-33-35-63(53-11-3-1-9-51(53)59)74-76-65-39-37-61(55-13-5-7-15-57(55)65)72-70-46-23-21-45(22-24-46)67(80)81-50-31-25-47(26-32-50)71-73-62-38-40-66(58-16-8-6-14-56(58)62)77-75-64-36-34-60(52-10-2-4-12-54(52)64)69-42-44-19-29-49(79)30-20-44/h1-40,68-69,78-79H,41-42H2/b72-70+,73-71+,76-74+,77-75+. The van der Waals surface area contributed by atoms with Gasteiger partial charge < -0.3 is 25.6 Å². The molecular weight excluding hydrogens is 1010 g/mol. The summed E-state index contributed by atoms with van der Waals surface area (Å²) in [6.45, 7) is 1.20. The monoisotopic (exact) mass is 1060 g/mol. The lowest BCUT2D eigenvalue weighted by molar-refractivity contribution is 0.0734. The number of hydrogen-bond donors (Lipinski definition) is 4. The molecule has 4 N–H and O–H groups in total. The Bertz CT molecular complexity index is 4410. The minimum Gasteiger partial charge on any atom is -0.508 e. The number of aromatic hydroxyl groups is 2. The fraction of sp³-hybridized carbons (Fsp3) is 0.0299. The molecule has 0 radical (unpaired) electrons. The van der Waals surface area contributed by atoms with E-state index in [-0.39, 0.29) is 11.5 Å². The third kappa shape index (κ3) is 11.6. The molecule has 0 spiro atoms. The number of ether oxygens (including phenoxy) is 1. The summed E-state index contributed by atoms with van der Waals surface area (Å²) in [4.78, 5) is 13.2. The van der Waals surface area contributed by atoms with Gasteiger partial charge in [-0.05, 0) is 132 Å². The summed E-state index contributed by atoms with van der Waals surface area (Å²) in [5.74, 6) is 0.303. The highest BCUT2D eigenvalue weighted by Crippen LogP contribution is 2.40. The first kappa shape index (κ1) is 50.6. The van der Waals surface area contributed by atoms with Crippen LogP contribution in [-0.4, -0.2) is 16.2 Å². The van der Waals surface area contributed by atoms with Gasteiger partial charge in [0, 0.05) is 67.6 Å². The Morgan fingerprint density at radius 1 is 0.321 bits per heavy atom. The van der Waals surface area contributed by atoms with Gasteiger partial charge in [0.25, 0.3) is 0 Å². The maximum atomic E-state index is 13.2. The lowest BCUT2D eigenvalue weighted by Crippen LogP contribution is -2.07. The molecule has 0 aliphatic rings. The highest BCUT2D eigenvalue weighted by atomic mass is 16.5.